The van der Waals surface area contributed by atoms with Gasteiger partial charge in [-0.25, -0.2) is 0 Å². The zero-order chi connectivity index (χ0) is 15.1. The molecule has 0 aromatic rings. The van der Waals surface area contributed by atoms with Crippen LogP contribution in [0, 0.1) is 0 Å². The fraction of sp³-hybridized carbons (Fsp3) is 1.00. The Morgan fingerprint density at radius 1 is 1.19 bits per heavy atom. The van der Waals surface area contributed by atoms with Gasteiger partial charge in [-0.05, 0) is 58.4 Å². The molecular weight excluding hydrogens is 264 g/mol. The summed E-state index contributed by atoms with van der Waals surface area (Å²) in [6.07, 6.45) is 8.68. The summed E-state index contributed by atoms with van der Waals surface area (Å²) in [6, 6.07) is 0.666. The molecule has 2 N–H and O–H groups in total. The highest BCUT2D eigenvalue weighted by atomic mass is 16.5. The van der Waals surface area contributed by atoms with Crippen LogP contribution in [0.4, 0.5) is 0 Å². The average molecular weight is 298 g/mol. The first kappa shape index (κ1) is 17.2. The van der Waals surface area contributed by atoms with E-state index in [1.54, 1.807) is 0 Å². The topological polar surface area (TPSA) is 44.7 Å². The molecule has 1 unspecified atom stereocenters. The lowest BCUT2D eigenvalue weighted by molar-refractivity contribution is 0.0132. The van der Waals surface area contributed by atoms with Crippen molar-refractivity contribution in [2.45, 2.75) is 76.5 Å². The van der Waals surface area contributed by atoms with Crippen LogP contribution in [0.3, 0.4) is 0 Å². The van der Waals surface area contributed by atoms with Gasteiger partial charge in [0.05, 0.1) is 12.7 Å². The van der Waals surface area contributed by atoms with Gasteiger partial charge in [0.25, 0.3) is 0 Å². The molecule has 0 aromatic heterocycles. The van der Waals surface area contributed by atoms with Gasteiger partial charge in [-0.2, -0.15) is 0 Å². The molecule has 0 radical (unpaired) electrons. The number of hydrogen-bond donors (Lipinski definition) is 2. The predicted octanol–water partition coefficient (Wildman–Crippen LogP) is 2.16. The fourth-order valence-electron chi connectivity index (χ4n) is 3.42. The van der Waals surface area contributed by atoms with E-state index in [-0.39, 0.29) is 12.1 Å². The quantitative estimate of drug-likeness (QED) is 0.649. The number of aliphatic hydroxyl groups is 1. The van der Waals surface area contributed by atoms with E-state index in [0.717, 1.165) is 26.0 Å². The van der Waals surface area contributed by atoms with Crippen molar-refractivity contribution in [1.29, 1.82) is 0 Å². The first-order chi connectivity index (χ1) is 10.2. The van der Waals surface area contributed by atoms with Gasteiger partial charge in [0.2, 0.25) is 0 Å². The summed E-state index contributed by atoms with van der Waals surface area (Å²) < 4.78 is 5.71. The number of likely N-dealkylation sites (tertiary alicyclic amines) is 1. The number of rotatable bonds is 10. The van der Waals surface area contributed by atoms with Gasteiger partial charge in [-0.15, -0.1) is 0 Å². The van der Waals surface area contributed by atoms with Crippen molar-refractivity contribution < 1.29 is 9.84 Å². The Labute approximate surface area is 130 Å². The lowest BCUT2D eigenvalue weighted by atomic mass is 9.90. The molecule has 0 bridgehead atoms. The van der Waals surface area contributed by atoms with Crippen molar-refractivity contribution in [2.24, 2.45) is 0 Å². The van der Waals surface area contributed by atoms with E-state index in [1.165, 1.54) is 45.2 Å². The Morgan fingerprint density at radius 2 is 1.90 bits per heavy atom. The Balaban J connectivity index is 1.65. The summed E-state index contributed by atoms with van der Waals surface area (Å²) >= 11 is 0. The maximum atomic E-state index is 9.79. The Kier molecular flexibility index (Phi) is 6.93. The molecule has 1 aliphatic carbocycles. The van der Waals surface area contributed by atoms with Crippen molar-refractivity contribution in [2.75, 3.05) is 32.8 Å². The molecule has 1 saturated carbocycles. The number of piperidine rings is 1. The molecule has 124 valence electrons. The van der Waals surface area contributed by atoms with E-state index in [9.17, 15) is 5.11 Å². The SMILES string of the molecule is CCOC1CCN(CCCC(CC)(CO)NC2CC2)CC1. The molecule has 1 saturated heterocycles. The first-order valence-corrected chi connectivity index (χ1v) is 8.94. The zero-order valence-corrected chi connectivity index (χ0v) is 13.9. The number of hydrogen-bond acceptors (Lipinski definition) is 4. The molecule has 1 heterocycles. The molecule has 0 spiro atoms. The minimum absolute atomic E-state index is 0.0369. The van der Waals surface area contributed by atoms with Crippen LogP contribution in [0.25, 0.3) is 0 Å². The fourth-order valence-corrected chi connectivity index (χ4v) is 3.42. The first-order valence-electron chi connectivity index (χ1n) is 8.94. The molecule has 2 rings (SSSR count). The minimum atomic E-state index is -0.0369. The van der Waals surface area contributed by atoms with Crippen molar-refractivity contribution in [1.82, 2.24) is 10.2 Å². The van der Waals surface area contributed by atoms with Crippen LogP contribution in [0.15, 0.2) is 0 Å². The minimum Gasteiger partial charge on any atom is -0.394 e. The Hall–Kier alpha value is -0.160. The molecule has 2 fully saturated rings. The molecule has 4 heteroatoms. The van der Waals surface area contributed by atoms with Gasteiger partial charge in [0.1, 0.15) is 0 Å². The number of aliphatic hydroxyl groups excluding tert-OH is 1. The van der Waals surface area contributed by atoms with E-state index < -0.39 is 0 Å². The average Bonchev–Trinajstić information content (AvgIpc) is 3.32. The Bertz CT molecular complexity index is 283. The summed E-state index contributed by atoms with van der Waals surface area (Å²) in [6.45, 7) is 8.88. The predicted molar refractivity (Wildman–Crippen MR) is 86.6 cm³/mol. The summed E-state index contributed by atoms with van der Waals surface area (Å²) in [4.78, 5) is 2.56. The summed E-state index contributed by atoms with van der Waals surface area (Å²) in [5.74, 6) is 0. The van der Waals surface area contributed by atoms with Crippen LogP contribution in [-0.4, -0.2) is 60.5 Å². The third kappa shape index (κ3) is 5.51. The highest BCUT2D eigenvalue weighted by Gasteiger charge is 2.34. The monoisotopic (exact) mass is 298 g/mol. The molecule has 0 amide bonds. The maximum absolute atomic E-state index is 9.79. The molecular formula is C17H34N2O2. The van der Waals surface area contributed by atoms with Crippen molar-refractivity contribution in [3.63, 3.8) is 0 Å². The molecule has 4 nitrogen and oxygen atoms in total. The largest absolute Gasteiger partial charge is 0.394 e. The van der Waals surface area contributed by atoms with Crippen molar-refractivity contribution in [3.05, 3.63) is 0 Å². The summed E-state index contributed by atoms with van der Waals surface area (Å²) in [5.41, 5.74) is -0.0369. The standard InChI is InChI=1S/C17H34N2O2/c1-3-17(14-20,18-15-6-7-15)10-5-11-19-12-8-16(9-13-19)21-4-2/h15-16,18,20H,3-14H2,1-2H3. The maximum Gasteiger partial charge on any atom is 0.0613 e. The second-order valence-electron chi connectivity index (χ2n) is 6.81. The lowest BCUT2D eigenvalue weighted by Crippen LogP contribution is -2.49. The number of nitrogens with zero attached hydrogens (tertiary/aromatic N) is 1. The Morgan fingerprint density at radius 3 is 2.43 bits per heavy atom. The molecule has 21 heavy (non-hydrogen) atoms. The number of nitrogens with one attached hydrogen (secondary N) is 1. The van der Waals surface area contributed by atoms with Gasteiger partial charge in [0.15, 0.2) is 0 Å². The van der Waals surface area contributed by atoms with Gasteiger partial charge in [0, 0.05) is 31.3 Å². The van der Waals surface area contributed by atoms with Crippen molar-refractivity contribution >= 4 is 0 Å². The van der Waals surface area contributed by atoms with Gasteiger partial charge in [-0.3, -0.25) is 0 Å². The molecule has 1 aliphatic heterocycles. The lowest BCUT2D eigenvalue weighted by Gasteiger charge is -2.35. The van der Waals surface area contributed by atoms with E-state index >= 15 is 0 Å². The molecule has 0 aromatic carbocycles. The highest BCUT2D eigenvalue weighted by molar-refractivity contribution is 4.94. The van der Waals surface area contributed by atoms with E-state index in [0.29, 0.717) is 12.1 Å². The van der Waals surface area contributed by atoms with Crippen LogP contribution in [-0.2, 0) is 4.74 Å². The van der Waals surface area contributed by atoms with Gasteiger partial charge < -0.3 is 20.1 Å². The third-order valence-corrected chi connectivity index (χ3v) is 5.13. The molecule has 2 aliphatic rings. The zero-order valence-electron chi connectivity index (χ0n) is 13.9. The second-order valence-corrected chi connectivity index (χ2v) is 6.81. The summed E-state index contributed by atoms with van der Waals surface area (Å²) in [7, 11) is 0. The normalized spacial score (nSPS) is 24.1. The van der Waals surface area contributed by atoms with Gasteiger partial charge >= 0.3 is 0 Å². The number of ether oxygens (including phenoxy) is 1. The van der Waals surface area contributed by atoms with E-state index in [1.807, 2.05) is 0 Å². The third-order valence-electron chi connectivity index (χ3n) is 5.13. The summed E-state index contributed by atoms with van der Waals surface area (Å²) in [5, 5.41) is 13.5. The van der Waals surface area contributed by atoms with Crippen LogP contribution >= 0.6 is 0 Å². The van der Waals surface area contributed by atoms with E-state index in [2.05, 4.69) is 24.1 Å². The second kappa shape index (κ2) is 8.47. The van der Waals surface area contributed by atoms with Crippen LogP contribution in [0.2, 0.25) is 0 Å². The van der Waals surface area contributed by atoms with E-state index in [4.69, 9.17) is 4.74 Å². The van der Waals surface area contributed by atoms with Crippen LogP contribution in [0.5, 0.6) is 0 Å². The van der Waals surface area contributed by atoms with Crippen LogP contribution < -0.4 is 5.32 Å². The smallest absolute Gasteiger partial charge is 0.0613 e. The van der Waals surface area contributed by atoms with Crippen LogP contribution in [0.1, 0.15) is 58.8 Å². The van der Waals surface area contributed by atoms with Crippen molar-refractivity contribution in [3.8, 4) is 0 Å². The van der Waals surface area contributed by atoms with Gasteiger partial charge in [-0.1, -0.05) is 6.92 Å². The molecule has 1 atom stereocenters. The highest BCUT2D eigenvalue weighted by Crippen LogP contribution is 2.27.